The molecule has 8 heteroatoms. The Morgan fingerprint density at radius 1 is 1.00 bits per heavy atom. The number of amides is 2. The molecule has 0 aliphatic carbocycles. The molecule has 2 aromatic heterocycles. The van der Waals surface area contributed by atoms with E-state index in [1.165, 1.54) is 0 Å². The topological polar surface area (TPSA) is 64.3 Å². The zero-order valence-electron chi connectivity index (χ0n) is 21.9. The fourth-order valence-corrected chi connectivity index (χ4v) is 5.36. The summed E-state index contributed by atoms with van der Waals surface area (Å²) in [5.41, 5.74) is 6.24. The molecule has 0 unspecified atom stereocenters. The van der Waals surface area contributed by atoms with Crippen LogP contribution in [0.15, 0.2) is 91.1 Å². The lowest BCUT2D eigenvalue weighted by atomic mass is 10.0. The maximum Gasteiger partial charge on any atom is 0.322 e. The molecule has 1 atom stereocenters. The van der Waals surface area contributed by atoms with Gasteiger partial charge in [-0.25, -0.2) is 9.48 Å². The van der Waals surface area contributed by atoms with Gasteiger partial charge >= 0.3 is 6.03 Å². The van der Waals surface area contributed by atoms with Crippen molar-refractivity contribution in [1.82, 2.24) is 19.2 Å². The first-order valence-electron chi connectivity index (χ1n) is 12.7. The molecule has 0 bridgehead atoms. The molecular weight excluding hydrogens is 510 g/mol. The van der Waals surface area contributed by atoms with Crippen molar-refractivity contribution < 1.29 is 9.53 Å². The predicted molar refractivity (Wildman–Crippen MR) is 153 cm³/mol. The number of carbonyl (C=O) groups excluding carboxylic acids is 1. The highest BCUT2D eigenvalue weighted by Gasteiger charge is 2.36. The summed E-state index contributed by atoms with van der Waals surface area (Å²) in [4.78, 5) is 15.9. The average molecular weight is 538 g/mol. The molecule has 196 valence electrons. The van der Waals surface area contributed by atoms with Gasteiger partial charge in [0, 0.05) is 22.5 Å². The molecule has 3 heterocycles. The van der Waals surface area contributed by atoms with Crippen LogP contribution in [0.3, 0.4) is 0 Å². The Balaban J connectivity index is 1.53. The minimum Gasteiger partial charge on any atom is -0.497 e. The van der Waals surface area contributed by atoms with Gasteiger partial charge in [0.25, 0.3) is 0 Å². The lowest BCUT2D eigenvalue weighted by molar-refractivity contribution is 0.194. The van der Waals surface area contributed by atoms with Crippen LogP contribution in [0, 0.1) is 13.8 Å². The van der Waals surface area contributed by atoms with Crippen LogP contribution >= 0.6 is 11.6 Å². The minimum absolute atomic E-state index is 0.241. The molecule has 6 rings (SSSR count). The molecular formula is C31H28ClN5O2. The zero-order valence-corrected chi connectivity index (χ0v) is 22.7. The summed E-state index contributed by atoms with van der Waals surface area (Å²) in [5, 5.41) is 8.59. The Bertz CT molecular complexity index is 1670. The van der Waals surface area contributed by atoms with Gasteiger partial charge in [-0.15, -0.1) is 0 Å². The summed E-state index contributed by atoms with van der Waals surface area (Å²) in [6, 6.07) is 26.9. The van der Waals surface area contributed by atoms with Crippen molar-refractivity contribution in [3.8, 4) is 17.3 Å². The highest BCUT2D eigenvalue weighted by molar-refractivity contribution is 6.31. The second-order valence-corrected chi connectivity index (χ2v) is 10.0. The van der Waals surface area contributed by atoms with Gasteiger partial charge < -0.3 is 19.5 Å². The van der Waals surface area contributed by atoms with E-state index >= 15 is 0 Å². The summed E-state index contributed by atoms with van der Waals surface area (Å²) in [7, 11) is 1.65. The number of hydrogen-bond donors (Lipinski definition) is 1. The molecule has 1 aliphatic heterocycles. The van der Waals surface area contributed by atoms with E-state index in [9.17, 15) is 4.79 Å². The molecule has 0 saturated carbocycles. The number of nitrogens with one attached hydrogen (secondary N) is 1. The van der Waals surface area contributed by atoms with Gasteiger partial charge in [0.05, 0.1) is 36.8 Å². The third kappa shape index (κ3) is 4.45. The van der Waals surface area contributed by atoms with Gasteiger partial charge in [-0.1, -0.05) is 48.0 Å². The van der Waals surface area contributed by atoms with Crippen LogP contribution < -0.4 is 10.1 Å². The van der Waals surface area contributed by atoms with Crippen LogP contribution in [0.2, 0.25) is 5.02 Å². The van der Waals surface area contributed by atoms with Gasteiger partial charge in [-0.2, -0.15) is 5.10 Å². The fraction of sp³-hybridized carbons (Fsp3) is 0.161. The SMILES string of the molecule is COc1cccc([C@H]2c3cccn3-c3c(c(C)nn3-c3ccccc3)CN2C(=O)Nc2ccc(C)c(Cl)c2)c1. The number of methoxy groups -OCH3 is 1. The third-order valence-electron chi connectivity index (χ3n) is 7.18. The zero-order chi connectivity index (χ0) is 27.1. The van der Waals surface area contributed by atoms with Crippen LogP contribution in [0.5, 0.6) is 5.75 Å². The number of benzene rings is 3. The standard InChI is InChI=1S/C31H28ClN5O2/c1-20-14-15-23(18-27(20)32)33-31(38)36-19-26-21(2)34-37(24-10-5-4-6-11-24)30(26)35-16-8-13-28(35)29(36)22-9-7-12-25(17-22)39-3/h4-18,29H,19H2,1-3H3,(H,33,38)/t29-/m0/s1. The molecule has 2 amide bonds. The smallest absolute Gasteiger partial charge is 0.322 e. The highest BCUT2D eigenvalue weighted by Crippen LogP contribution is 2.39. The monoisotopic (exact) mass is 537 g/mol. The normalized spacial score (nSPS) is 14.4. The summed E-state index contributed by atoms with van der Waals surface area (Å²) in [5.74, 6) is 1.64. The first kappa shape index (κ1) is 24.8. The van der Waals surface area contributed by atoms with Crippen molar-refractivity contribution in [2.24, 2.45) is 0 Å². The number of nitrogens with zero attached hydrogens (tertiary/aromatic N) is 4. The molecule has 39 heavy (non-hydrogen) atoms. The van der Waals surface area contributed by atoms with Crippen molar-refractivity contribution in [3.05, 3.63) is 124 Å². The second kappa shape index (κ2) is 10.0. The molecule has 0 spiro atoms. The number of rotatable bonds is 4. The first-order chi connectivity index (χ1) is 18.9. The van der Waals surface area contributed by atoms with Crippen LogP contribution in [0.25, 0.3) is 11.5 Å². The number of halogens is 1. The Morgan fingerprint density at radius 3 is 2.59 bits per heavy atom. The van der Waals surface area contributed by atoms with E-state index in [-0.39, 0.29) is 6.03 Å². The highest BCUT2D eigenvalue weighted by atomic mass is 35.5. The number of ether oxygens (including phenoxy) is 1. The Kier molecular flexibility index (Phi) is 6.37. The summed E-state index contributed by atoms with van der Waals surface area (Å²) in [6.45, 7) is 4.27. The molecule has 5 aromatic rings. The van der Waals surface area contributed by atoms with E-state index in [1.54, 1.807) is 13.2 Å². The van der Waals surface area contributed by atoms with Crippen molar-refractivity contribution in [2.75, 3.05) is 12.4 Å². The Morgan fingerprint density at radius 2 is 1.82 bits per heavy atom. The lowest BCUT2D eigenvalue weighted by Gasteiger charge is -2.31. The third-order valence-corrected chi connectivity index (χ3v) is 7.59. The quantitative estimate of drug-likeness (QED) is 0.266. The van der Waals surface area contributed by atoms with Crippen molar-refractivity contribution in [1.29, 1.82) is 0 Å². The van der Waals surface area contributed by atoms with Gasteiger partial charge in [-0.3, -0.25) is 0 Å². The van der Waals surface area contributed by atoms with E-state index in [2.05, 4.69) is 16.0 Å². The van der Waals surface area contributed by atoms with Gasteiger partial charge in [-0.05, 0) is 73.5 Å². The van der Waals surface area contributed by atoms with Crippen molar-refractivity contribution >= 4 is 23.3 Å². The summed E-state index contributed by atoms with van der Waals surface area (Å²) < 4.78 is 9.65. The first-order valence-corrected chi connectivity index (χ1v) is 13.1. The van der Waals surface area contributed by atoms with E-state index in [0.717, 1.165) is 45.3 Å². The molecule has 0 saturated heterocycles. The number of urea groups is 1. The van der Waals surface area contributed by atoms with Gasteiger partial charge in [0.1, 0.15) is 11.6 Å². The van der Waals surface area contributed by atoms with E-state index in [4.69, 9.17) is 21.4 Å². The van der Waals surface area contributed by atoms with Gasteiger partial charge in [0.2, 0.25) is 0 Å². The number of carbonyl (C=O) groups is 1. The van der Waals surface area contributed by atoms with Crippen LogP contribution in [0.4, 0.5) is 10.5 Å². The number of anilines is 1. The summed E-state index contributed by atoms with van der Waals surface area (Å²) in [6.07, 6.45) is 2.03. The van der Waals surface area contributed by atoms with Gasteiger partial charge in [0.15, 0.2) is 0 Å². The Labute approximate surface area is 232 Å². The number of fused-ring (bicyclic) bond motifs is 3. The average Bonchev–Trinajstić information content (AvgIpc) is 3.51. The molecule has 1 aliphatic rings. The van der Waals surface area contributed by atoms with Crippen molar-refractivity contribution in [2.45, 2.75) is 26.4 Å². The Hall–Kier alpha value is -4.49. The number of hydrogen-bond acceptors (Lipinski definition) is 3. The lowest BCUT2D eigenvalue weighted by Crippen LogP contribution is -2.38. The molecule has 0 radical (unpaired) electrons. The van der Waals surface area contributed by atoms with E-state index in [0.29, 0.717) is 17.3 Å². The predicted octanol–water partition coefficient (Wildman–Crippen LogP) is 7.08. The summed E-state index contributed by atoms with van der Waals surface area (Å²) >= 11 is 6.37. The number of para-hydroxylation sites is 1. The second-order valence-electron chi connectivity index (χ2n) is 9.64. The van der Waals surface area contributed by atoms with E-state index < -0.39 is 6.04 Å². The maximum absolute atomic E-state index is 14.1. The number of aryl methyl sites for hydroxylation is 2. The van der Waals surface area contributed by atoms with Crippen LogP contribution in [-0.2, 0) is 6.54 Å². The molecule has 3 aromatic carbocycles. The molecule has 7 nitrogen and oxygen atoms in total. The fourth-order valence-electron chi connectivity index (χ4n) is 5.18. The van der Waals surface area contributed by atoms with Crippen molar-refractivity contribution in [3.63, 3.8) is 0 Å². The van der Waals surface area contributed by atoms with E-state index in [1.807, 2.05) is 102 Å². The minimum atomic E-state index is -0.396. The van der Waals surface area contributed by atoms with Crippen LogP contribution in [0.1, 0.15) is 34.1 Å². The molecule has 1 N–H and O–H groups in total. The largest absolute Gasteiger partial charge is 0.497 e. The van der Waals surface area contributed by atoms with Crippen LogP contribution in [-0.4, -0.2) is 32.4 Å². The number of aromatic nitrogens is 3. The molecule has 0 fully saturated rings. The maximum atomic E-state index is 14.1.